The van der Waals surface area contributed by atoms with Crippen molar-refractivity contribution < 1.29 is 4.84 Å². The van der Waals surface area contributed by atoms with Crippen LogP contribution >= 0.6 is 0 Å². The van der Waals surface area contributed by atoms with Gasteiger partial charge >= 0.3 is 0 Å². The van der Waals surface area contributed by atoms with Crippen molar-refractivity contribution >= 4 is 0 Å². The zero-order valence-electron chi connectivity index (χ0n) is 9.82. The van der Waals surface area contributed by atoms with E-state index in [0.717, 1.165) is 19.4 Å². The first-order valence-corrected chi connectivity index (χ1v) is 6.37. The quantitative estimate of drug-likeness (QED) is 0.586. The highest BCUT2D eigenvalue weighted by molar-refractivity contribution is 5.14. The smallest absolute Gasteiger partial charge is 0.0790 e. The summed E-state index contributed by atoms with van der Waals surface area (Å²) in [5.74, 6) is 0. The Labute approximate surface area is 98.0 Å². The number of hydroxylamine groups is 1. The van der Waals surface area contributed by atoms with Gasteiger partial charge in [-0.3, -0.25) is 4.84 Å². The maximum absolute atomic E-state index is 5.59. The van der Waals surface area contributed by atoms with E-state index in [1.54, 1.807) is 0 Å². The third-order valence-corrected chi connectivity index (χ3v) is 3.14. The van der Waals surface area contributed by atoms with E-state index in [1.807, 2.05) is 0 Å². The van der Waals surface area contributed by atoms with Gasteiger partial charge in [-0.1, -0.05) is 43.2 Å². The number of hydrogen-bond donors (Lipinski definition) is 1. The first-order valence-electron chi connectivity index (χ1n) is 6.37. The van der Waals surface area contributed by atoms with Crippen LogP contribution in [0.5, 0.6) is 0 Å². The van der Waals surface area contributed by atoms with Gasteiger partial charge in [0.05, 0.1) is 6.10 Å². The lowest BCUT2D eigenvalue weighted by molar-refractivity contribution is -0.0207. The summed E-state index contributed by atoms with van der Waals surface area (Å²) in [4.78, 5) is 5.59. The molecule has 88 valence electrons. The fourth-order valence-electron chi connectivity index (χ4n) is 2.19. The molecule has 0 atom stereocenters. The van der Waals surface area contributed by atoms with Crippen molar-refractivity contribution in [3.63, 3.8) is 0 Å². The van der Waals surface area contributed by atoms with Crippen LogP contribution in [0.25, 0.3) is 0 Å². The zero-order valence-corrected chi connectivity index (χ0v) is 9.82. The van der Waals surface area contributed by atoms with E-state index < -0.39 is 0 Å². The zero-order chi connectivity index (χ0) is 11.1. The SMILES string of the molecule is c1ccc(CCCNOC2CCCC2)cc1. The summed E-state index contributed by atoms with van der Waals surface area (Å²) >= 11 is 0. The highest BCUT2D eigenvalue weighted by atomic mass is 16.7. The van der Waals surface area contributed by atoms with Crippen molar-refractivity contribution in [1.82, 2.24) is 5.48 Å². The van der Waals surface area contributed by atoms with Crippen LogP contribution in [0, 0.1) is 0 Å². The molecule has 1 aromatic carbocycles. The second-order valence-electron chi connectivity index (χ2n) is 4.51. The average Bonchev–Trinajstić information content (AvgIpc) is 2.83. The van der Waals surface area contributed by atoms with E-state index >= 15 is 0 Å². The van der Waals surface area contributed by atoms with Gasteiger partial charge < -0.3 is 0 Å². The molecule has 0 spiro atoms. The maximum Gasteiger partial charge on any atom is 0.0790 e. The van der Waals surface area contributed by atoms with Gasteiger partial charge in [-0.25, -0.2) is 5.48 Å². The van der Waals surface area contributed by atoms with Crippen LogP contribution in [0.1, 0.15) is 37.7 Å². The summed E-state index contributed by atoms with van der Waals surface area (Å²) in [6.45, 7) is 0.950. The molecule has 16 heavy (non-hydrogen) atoms. The fraction of sp³-hybridized carbons (Fsp3) is 0.571. The molecule has 0 aromatic heterocycles. The summed E-state index contributed by atoms with van der Waals surface area (Å²) in [7, 11) is 0. The first kappa shape index (κ1) is 11.6. The summed E-state index contributed by atoms with van der Waals surface area (Å²) in [5, 5.41) is 0. The molecule has 1 N–H and O–H groups in total. The predicted molar refractivity (Wildman–Crippen MR) is 66.1 cm³/mol. The van der Waals surface area contributed by atoms with Crippen LogP contribution in [0.15, 0.2) is 30.3 Å². The van der Waals surface area contributed by atoms with Crippen LogP contribution in [-0.4, -0.2) is 12.6 Å². The highest BCUT2D eigenvalue weighted by Gasteiger charge is 2.14. The topological polar surface area (TPSA) is 21.3 Å². The van der Waals surface area contributed by atoms with Crippen molar-refractivity contribution in [3.8, 4) is 0 Å². The highest BCUT2D eigenvalue weighted by Crippen LogP contribution is 2.19. The van der Waals surface area contributed by atoms with Crippen molar-refractivity contribution in [1.29, 1.82) is 0 Å². The second-order valence-corrected chi connectivity index (χ2v) is 4.51. The number of hydrogen-bond acceptors (Lipinski definition) is 2. The van der Waals surface area contributed by atoms with E-state index in [4.69, 9.17) is 4.84 Å². The maximum atomic E-state index is 5.59. The van der Waals surface area contributed by atoms with E-state index in [0.29, 0.717) is 6.10 Å². The molecular weight excluding hydrogens is 198 g/mol. The Morgan fingerprint density at radius 1 is 1.12 bits per heavy atom. The second kappa shape index (κ2) is 6.66. The van der Waals surface area contributed by atoms with Crippen molar-refractivity contribution in [3.05, 3.63) is 35.9 Å². The Kier molecular flexibility index (Phi) is 4.84. The normalized spacial score (nSPS) is 16.8. The van der Waals surface area contributed by atoms with Crippen LogP contribution in [0.4, 0.5) is 0 Å². The summed E-state index contributed by atoms with van der Waals surface area (Å²) < 4.78 is 0. The number of aryl methyl sites for hydroxylation is 1. The molecule has 0 unspecified atom stereocenters. The lowest BCUT2D eigenvalue weighted by Crippen LogP contribution is -2.23. The van der Waals surface area contributed by atoms with Crippen LogP contribution in [0.3, 0.4) is 0 Å². The van der Waals surface area contributed by atoms with E-state index in [9.17, 15) is 0 Å². The molecule has 1 aliphatic rings. The summed E-state index contributed by atoms with van der Waals surface area (Å²) in [6.07, 6.45) is 7.85. The standard InChI is InChI=1S/C14H21NO/c1-2-7-13(8-3-1)9-6-12-15-16-14-10-4-5-11-14/h1-3,7-8,14-15H,4-6,9-12H2. The molecule has 1 fully saturated rings. The fourth-order valence-corrected chi connectivity index (χ4v) is 2.19. The molecule has 0 heterocycles. The predicted octanol–water partition coefficient (Wildman–Crippen LogP) is 3.08. The van der Waals surface area contributed by atoms with Crippen molar-refractivity contribution in [2.24, 2.45) is 0 Å². The summed E-state index contributed by atoms with van der Waals surface area (Å²) in [5.41, 5.74) is 4.51. The molecule has 0 aliphatic heterocycles. The van der Waals surface area contributed by atoms with Gasteiger partial charge in [-0.05, 0) is 31.2 Å². The Morgan fingerprint density at radius 2 is 1.88 bits per heavy atom. The number of nitrogens with one attached hydrogen (secondary N) is 1. The Bertz CT molecular complexity index is 280. The van der Waals surface area contributed by atoms with Gasteiger partial charge in [0.2, 0.25) is 0 Å². The Balaban J connectivity index is 1.52. The van der Waals surface area contributed by atoms with Gasteiger partial charge in [-0.15, -0.1) is 0 Å². The van der Waals surface area contributed by atoms with Gasteiger partial charge in [0.15, 0.2) is 0 Å². The van der Waals surface area contributed by atoms with Crippen LogP contribution < -0.4 is 5.48 Å². The molecule has 0 radical (unpaired) electrons. The van der Waals surface area contributed by atoms with Crippen molar-refractivity contribution in [2.75, 3.05) is 6.54 Å². The lowest BCUT2D eigenvalue weighted by atomic mass is 10.1. The largest absolute Gasteiger partial charge is 0.299 e. The summed E-state index contributed by atoms with van der Waals surface area (Å²) in [6, 6.07) is 10.6. The third-order valence-electron chi connectivity index (χ3n) is 3.14. The molecule has 0 saturated heterocycles. The van der Waals surface area contributed by atoms with Gasteiger partial charge in [0, 0.05) is 6.54 Å². The molecular formula is C14H21NO. The molecule has 1 aromatic rings. The molecule has 2 rings (SSSR count). The van der Waals surface area contributed by atoms with Crippen molar-refractivity contribution in [2.45, 2.75) is 44.6 Å². The van der Waals surface area contributed by atoms with Crippen LogP contribution in [0.2, 0.25) is 0 Å². The minimum atomic E-state index is 0.469. The first-order chi connectivity index (χ1) is 7.95. The molecule has 0 bridgehead atoms. The molecule has 1 aliphatic carbocycles. The molecule has 2 heteroatoms. The van der Waals surface area contributed by atoms with Gasteiger partial charge in [0.25, 0.3) is 0 Å². The van der Waals surface area contributed by atoms with Gasteiger partial charge in [0.1, 0.15) is 0 Å². The van der Waals surface area contributed by atoms with E-state index in [2.05, 4.69) is 35.8 Å². The van der Waals surface area contributed by atoms with Gasteiger partial charge in [-0.2, -0.15) is 0 Å². The van der Waals surface area contributed by atoms with E-state index in [-0.39, 0.29) is 0 Å². The minimum Gasteiger partial charge on any atom is -0.299 e. The lowest BCUT2D eigenvalue weighted by Gasteiger charge is -2.11. The van der Waals surface area contributed by atoms with E-state index in [1.165, 1.54) is 31.2 Å². The Hall–Kier alpha value is -0.860. The molecule has 1 saturated carbocycles. The van der Waals surface area contributed by atoms with Crippen LogP contribution in [-0.2, 0) is 11.3 Å². The Morgan fingerprint density at radius 3 is 2.62 bits per heavy atom. The minimum absolute atomic E-state index is 0.469. The molecule has 2 nitrogen and oxygen atoms in total. The number of benzene rings is 1. The number of rotatable bonds is 6. The molecule has 0 amide bonds. The monoisotopic (exact) mass is 219 g/mol. The average molecular weight is 219 g/mol. The third kappa shape index (κ3) is 3.95.